The van der Waals surface area contributed by atoms with E-state index in [1.54, 1.807) is 6.92 Å². The molecule has 1 aromatic heterocycles. The summed E-state index contributed by atoms with van der Waals surface area (Å²) >= 11 is 4.89. The lowest BCUT2D eigenvalue weighted by Crippen LogP contribution is -1.97. The molecule has 0 saturated carbocycles. The zero-order chi connectivity index (χ0) is 15.5. The van der Waals surface area contributed by atoms with Crippen molar-refractivity contribution in [3.8, 4) is 11.4 Å². The quantitative estimate of drug-likeness (QED) is 0.489. The normalized spacial score (nSPS) is 10.8. The molecule has 0 N–H and O–H groups in total. The van der Waals surface area contributed by atoms with Crippen molar-refractivity contribution in [2.45, 2.75) is 11.9 Å². The third kappa shape index (κ3) is 3.36. The van der Waals surface area contributed by atoms with Crippen molar-refractivity contribution >= 4 is 44.4 Å². The molecule has 0 aliphatic carbocycles. The first-order valence-electron chi connectivity index (χ1n) is 6.78. The Labute approximate surface area is 141 Å². The highest BCUT2D eigenvalue weighted by Crippen LogP contribution is 2.28. The van der Waals surface area contributed by atoms with E-state index in [4.69, 9.17) is 0 Å². The van der Waals surface area contributed by atoms with Gasteiger partial charge < -0.3 is 0 Å². The number of nitrogens with zero attached hydrogens (tertiary/aromatic N) is 2. The summed E-state index contributed by atoms with van der Waals surface area (Å²) in [5.41, 5.74) is 1.85. The molecule has 0 unspecified atom stereocenters. The van der Waals surface area contributed by atoms with Crippen LogP contribution in [0.4, 0.5) is 0 Å². The Morgan fingerprint density at radius 1 is 1.09 bits per heavy atom. The summed E-state index contributed by atoms with van der Waals surface area (Å²) in [5.74, 6) is 1.23. The zero-order valence-electron chi connectivity index (χ0n) is 11.9. The number of benzene rings is 2. The van der Waals surface area contributed by atoms with E-state index in [0.717, 1.165) is 26.0 Å². The number of halogens is 1. The molecule has 0 aliphatic rings. The molecule has 0 fully saturated rings. The highest BCUT2D eigenvalue weighted by atomic mass is 79.9. The highest BCUT2D eigenvalue weighted by molar-refractivity contribution is 9.10. The van der Waals surface area contributed by atoms with E-state index >= 15 is 0 Å². The van der Waals surface area contributed by atoms with Gasteiger partial charge in [0.25, 0.3) is 0 Å². The zero-order valence-corrected chi connectivity index (χ0v) is 14.3. The van der Waals surface area contributed by atoms with Crippen molar-refractivity contribution in [2.24, 2.45) is 0 Å². The molecule has 110 valence electrons. The molecule has 3 rings (SSSR count). The van der Waals surface area contributed by atoms with E-state index in [1.807, 2.05) is 48.5 Å². The first-order valence-corrected chi connectivity index (χ1v) is 8.56. The highest BCUT2D eigenvalue weighted by Gasteiger charge is 2.10. The monoisotopic (exact) mass is 372 g/mol. The maximum Gasteiger partial charge on any atom is 0.161 e. The number of hydrogen-bond acceptors (Lipinski definition) is 4. The van der Waals surface area contributed by atoms with Gasteiger partial charge in [-0.15, -0.1) is 0 Å². The van der Waals surface area contributed by atoms with E-state index in [0.29, 0.717) is 11.6 Å². The van der Waals surface area contributed by atoms with Gasteiger partial charge in [-0.05, 0) is 25.1 Å². The number of aromatic nitrogens is 2. The fourth-order valence-electron chi connectivity index (χ4n) is 2.06. The predicted octanol–water partition coefficient (Wildman–Crippen LogP) is 4.74. The molecule has 0 atom stereocenters. The third-order valence-electron chi connectivity index (χ3n) is 3.08. The maximum atomic E-state index is 11.3. The number of carbonyl (C=O) groups is 1. The van der Waals surface area contributed by atoms with Gasteiger partial charge in [0.2, 0.25) is 0 Å². The fraction of sp³-hybridized carbons (Fsp3) is 0.118. The number of hydrogen-bond donors (Lipinski definition) is 0. The van der Waals surface area contributed by atoms with Gasteiger partial charge in [-0.1, -0.05) is 58.0 Å². The van der Waals surface area contributed by atoms with Crippen LogP contribution in [0.15, 0.2) is 58.0 Å². The lowest BCUT2D eigenvalue weighted by Gasteiger charge is -2.08. The van der Waals surface area contributed by atoms with Gasteiger partial charge in [-0.2, -0.15) is 0 Å². The van der Waals surface area contributed by atoms with E-state index in [2.05, 4.69) is 25.9 Å². The predicted molar refractivity (Wildman–Crippen MR) is 94.1 cm³/mol. The van der Waals surface area contributed by atoms with Crippen molar-refractivity contribution in [3.63, 3.8) is 0 Å². The molecule has 2 aromatic carbocycles. The number of thioether (sulfide) groups is 1. The molecule has 0 bridgehead atoms. The van der Waals surface area contributed by atoms with Gasteiger partial charge in [0.05, 0.1) is 11.3 Å². The summed E-state index contributed by atoms with van der Waals surface area (Å²) in [6, 6.07) is 15.8. The lowest BCUT2D eigenvalue weighted by molar-refractivity contribution is -0.114. The average Bonchev–Trinajstić information content (AvgIpc) is 2.53. The van der Waals surface area contributed by atoms with E-state index in [-0.39, 0.29) is 5.78 Å². The second kappa shape index (κ2) is 6.58. The number of ketones is 1. The summed E-state index contributed by atoms with van der Waals surface area (Å²) in [6.07, 6.45) is 0. The van der Waals surface area contributed by atoms with Crippen LogP contribution in [0.2, 0.25) is 0 Å². The van der Waals surface area contributed by atoms with Crippen LogP contribution in [0.1, 0.15) is 6.92 Å². The van der Waals surface area contributed by atoms with Crippen LogP contribution in [0.3, 0.4) is 0 Å². The fourth-order valence-corrected chi connectivity index (χ4v) is 3.14. The minimum absolute atomic E-state index is 0.137. The molecular weight excluding hydrogens is 360 g/mol. The van der Waals surface area contributed by atoms with Crippen LogP contribution in [-0.2, 0) is 4.79 Å². The van der Waals surface area contributed by atoms with Gasteiger partial charge in [0, 0.05) is 15.4 Å². The molecule has 0 amide bonds. The largest absolute Gasteiger partial charge is 0.299 e. The van der Waals surface area contributed by atoms with Crippen LogP contribution in [0.5, 0.6) is 0 Å². The Bertz CT molecular complexity index is 834. The molecule has 22 heavy (non-hydrogen) atoms. The molecule has 0 saturated heterocycles. The standard InChI is InChI=1S/C17H13BrN2OS/c1-11(21)10-22-17-14-4-2-3-5-15(14)19-16(20-17)12-6-8-13(18)9-7-12/h2-9H,10H2,1H3. The van der Waals surface area contributed by atoms with Gasteiger partial charge in [-0.3, -0.25) is 4.79 Å². The minimum Gasteiger partial charge on any atom is -0.299 e. The summed E-state index contributed by atoms with van der Waals surface area (Å²) in [4.78, 5) is 20.6. The second-order valence-electron chi connectivity index (χ2n) is 4.87. The Balaban J connectivity index is 2.11. The van der Waals surface area contributed by atoms with Crippen LogP contribution in [0.25, 0.3) is 22.3 Å². The van der Waals surface area contributed by atoms with Crippen molar-refractivity contribution in [2.75, 3.05) is 5.75 Å². The van der Waals surface area contributed by atoms with Gasteiger partial charge in [-0.25, -0.2) is 9.97 Å². The molecule has 1 heterocycles. The van der Waals surface area contributed by atoms with Crippen LogP contribution in [0, 0.1) is 0 Å². The molecule has 0 aliphatic heterocycles. The number of Topliss-reactive ketones (excluding diaryl/α,β-unsaturated/α-hetero) is 1. The topological polar surface area (TPSA) is 42.9 Å². The first kappa shape index (κ1) is 15.2. The average molecular weight is 373 g/mol. The summed E-state index contributed by atoms with van der Waals surface area (Å²) in [7, 11) is 0. The molecular formula is C17H13BrN2OS. The number of para-hydroxylation sites is 1. The second-order valence-corrected chi connectivity index (χ2v) is 6.75. The number of carbonyl (C=O) groups excluding carboxylic acids is 1. The Hall–Kier alpha value is -1.72. The van der Waals surface area contributed by atoms with Crippen molar-refractivity contribution in [1.82, 2.24) is 9.97 Å². The van der Waals surface area contributed by atoms with Crippen LogP contribution in [-0.4, -0.2) is 21.5 Å². The minimum atomic E-state index is 0.137. The van der Waals surface area contributed by atoms with Crippen molar-refractivity contribution in [3.05, 3.63) is 53.0 Å². The summed E-state index contributed by atoms with van der Waals surface area (Å²) in [6.45, 7) is 1.59. The summed E-state index contributed by atoms with van der Waals surface area (Å²) in [5, 5.41) is 1.83. The molecule has 3 nitrogen and oxygen atoms in total. The van der Waals surface area contributed by atoms with E-state index in [1.165, 1.54) is 11.8 Å². The third-order valence-corrected chi connectivity index (χ3v) is 4.75. The number of rotatable bonds is 4. The molecule has 0 radical (unpaired) electrons. The number of fused-ring (bicyclic) bond motifs is 1. The van der Waals surface area contributed by atoms with Gasteiger partial charge >= 0.3 is 0 Å². The van der Waals surface area contributed by atoms with Crippen molar-refractivity contribution < 1.29 is 4.79 Å². The first-order chi connectivity index (χ1) is 10.6. The Morgan fingerprint density at radius 3 is 2.55 bits per heavy atom. The smallest absolute Gasteiger partial charge is 0.161 e. The van der Waals surface area contributed by atoms with E-state index < -0.39 is 0 Å². The van der Waals surface area contributed by atoms with Crippen LogP contribution < -0.4 is 0 Å². The molecule has 3 aromatic rings. The van der Waals surface area contributed by atoms with Crippen LogP contribution >= 0.6 is 27.7 Å². The van der Waals surface area contributed by atoms with Crippen molar-refractivity contribution in [1.29, 1.82) is 0 Å². The Morgan fingerprint density at radius 2 is 1.82 bits per heavy atom. The van der Waals surface area contributed by atoms with E-state index in [9.17, 15) is 4.79 Å². The SMILES string of the molecule is CC(=O)CSc1nc(-c2ccc(Br)cc2)nc2ccccc12. The molecule has 5 heteroatoms. The van der Waals surface area contributed by atoms with Gasteiger partial charge in [0.1, 0.15) is 10.8 Å². The maximum absolute atomic E-state index is 11.3. The van der Waals surface area contributed by atoms with Gasteiger partial charge in [0.15, 0.2) is 5.82 Å². The Kier molecular flexibility index (Phi) is 4.55. The lowest BCUT2D eigenvalue weighted by atomic mass is 10.2. The molecule has 0 spiro atoms. The summed E-state index contributed by atoms with van der Waals surface area (Å²) < 4.78 is 1.02.